The summed E-state index contributed by atoms with van der Waals surface area (Å²) in [6.07, 6.45) is 4.93. The third-order valence-electron chi connectivity index (χ3n) is 4.43. The number of thiophene rings is 1. The molecule has 26 heavy (non-hydrogen) atoms. The van der Waals surface area contributed by atoms with E-state index < -0.39 is 0 Å². The Morgan fingerprint density at radius 3 is 3.04 bits per heavy atom. The second-order valence-corrected chi connectivity index (χ2v) is 8.54. The minimum atomic E-state index is -0.336. The summed E-state index contributed by atoms with van der Waals surface area (Å²) in [6.45, 7) is 1.86. The number of nitriles is 1. The minimum absolute atomic E-state index is 0.142. The number of nitrogens with zero attached hydrogens (tertiary/aromatic N) is 3. The molecule has 1 aliphatic rings. The van der Waals surface area contributed by atoms with E-state index in [0.29, 0.717) is 11.3 Å². The van der Waals surface area contributed by atoms with Crippen LogP contribution in [-0.4, -0.2) is 21.1 Å². The summed E-state index contributed by atoms with van der Waals surface area (Å²) in [6, 6.07) is 9.11. The van der Waals surface area contributed by atoms with E-state index in [9.17, 15) is 4.79 Å². The van der Waals surface area contributed by atoms with Crippen LogP contribution in [0.15, 0.2) is 35.6 Å². The first-order valence-electron chi connectivity index (χ1n) is 8.39. The molecule has 130 valence electrons. The number of anilines is 1. The molecular formula is C19H16N4OS2. The van der Waals surface area contributed by atoms with Crippen molar-refractivity contribution in [3.05, 3.63) is 46.6 Å². The van der Waals surface area contributed by atoms with Gasteiger partial charge in [-0.05, 0) is 43.9 Å². The number of carbonyl (C=O) groups excluding carboxylic acids is 1. The van der Waals surface area contributed by atoms with Gasteiger partial charge in [-0.2, -0.15) is 5.26 Å². The topological polar surface area (TPSA) is 78.7 Å². The van der Waals surface area contributed by atoms with Crippen molar-refractivity contribution in [1.29, 1.82) is 5.26 Å². The molecule has 1 atom stereocenters. The Kier molecular flexibility index (Phi) is 4.62. The predicted octanol–water partition coefficient (Wildman–Crippen LogP) is 4.17. The Hall–Kier alpha value is -2.43. The van der Waals surface area contributed by atoms with Crippen LogP contribution in [-0.2, 0) is 17.6 Å². The van der Waals surface area contributed by atoms with Crippen LogP contribution in [0.5, 0.6) is 0 Å². The highest BCUT2D eigenvalue weighted by atomic mass is 32.2. The van der Waals surface area contributed by atoms with E-state index >= 15 is 0 Å². The Balaban J connectivity index is 1.57. The van der Waals surface area contributed by atoms with Gasteiger partial charge >= 0.3 is 0 Å². The van der Waals surface area contributed by atoms with Gasteiger partial charge in [-0.1, -0.05) is 23.9 Å². The molecule has 0 unspecified atom stereocenters. The Morgan fingerprint density at radius 1 is 1.35 bits per heavy atom. The molecule has 0 saturated carbocycles. The minimum Gasteiger partial charge on any atom is -0.324 e. The fourth-order valence-electron chi connectivity index (χ4n) is 3.13. The zero-order valence-corrected chi connectivity index (χ0v) is 15.8. The van der Waals surface area contributed by atoms with Gasteiger partial charge in [-0.15, -0.1) is 11.3 Å². The van der Waals surface area contributed by atoms with Gasteiger partial charge in [0.15, 0.2) is 0 Å². The van der Waals surface area contributed by atoms with Crippen LogP contribution in [0.25, 0.3) is 10.2 Å². The molecule has 0 radical (unpaired) electrons. The molecule has 5 nitrogen and oxygen atoms in total. The second kappa shape index (κ2) is 7.06. The summed E-state index contributed by atoms with van der Waals surface area (Å²) in [5, 5.41) is 13.7. The molecule has 0 bridgehead atoms. The molecule has 0 fully saturated rings. The second-order valence-electron chi connectivity index (χ2n) is 6.12. The zero-order chi connectivity index (χ0) is 18.1. The van der Waals surface area contributed by atoms with Crippen LogP contribution >= 0.6 is 23.1 Å². The Bertz CT molecular complexity index is 1040. The highest BCUT2D eigenvalue weighted by Gasteiger charge is 2.24. The maximum Gasteiger partial charge on any atom is 0.237 e. The number of benzene rings is 1. The monoisotopic (exact) mass is 380 g/mol. The van der Waals surface area contributed by atoms with E-state index in [2.05, 4.69) is 21.4 Å². The number of amides is 1. The van der Waals surface area contributed by atoms with Gasteiger partial charge in [0.25, 0.3) is 0 Å². The van der Waals surface area contributed by atoms with E-state index in [-0.39, 0.29) is 11.2 Å². The third kappa shape index (κ3) is 3.06. The first-order valence-corrected chi connectivity index (χ1v) is 10.1. The molecular weight excluding hydrogens is 364 g/mol. The van der Waals surface area contributed by atoms with E-state index in [1.807, 2.05) is 6.92 Å². The van der Waals surface area contributed by atoms with Gasteiger partial charge in [-0.3, -0.25) is 4.79 Å². The molecule has 0 spiro atoms. The molecule has 0 saturated heterocycles. The van der Waals surface area contributed by atoms with Crippen molar-refractivity contribution in [2.24, 2.45) is 0 Å². The molecule has 1 amide bonds. The third-order valence-corrected chi connectivity index (χ3v) is 6.73. The first kappa shape index (κ1) is 17.0. The average Bonchev–Trinajstić information content (AvgIpc) is 3.23. The summed E-state index contributed by atoms with van der Waals surface area (Å²) >= 11 is 3.19. The predicted molar refractivity (Wildman–Crippen MR) is 105 cm³/mol. The fraction of sp³-hybridized carbons (Fsp3) is 0.263. The number of aryl methyl sites for hydroxylation is 2. The lowest BCUT2D eigenvalue weighted by atomic mass is 10.2. The van der Waals surface area contributed by atoms with E-state index in [4.69, 9.17) is 5.26 Å². The Morgan fingerprint density at radius 2 is 2.19 bits per heavy atom. The first-order chi connectivity index (χ1) is 12.7. The van der Waals surface area contributed by atoms with Crippen LogP contribution in [0.1, 0.15) is 29.3 Å². The number of hydrogen-bond donors (Lipinski definition) is 1. The highest BCUT2D eigenvalue weighted by Crippen LogP contribution is 2.40. The summed E-state index contributed by atoms with van der Waals surface area (Å²) in [4.78, 5) is 23.9. The largest absolute Gasteiger partial charge is 0.324 e. The molecule has 2 heterocycles. The van der Waals surface area contributed by atoms with Gasteiger partial charge in [0.2, 0.25) is 5.91 Å². The maximum atomic E-state index is 12.6. The lowest BCUT2D eigenvalue weighted by molar-refractivity contribution is -0.115. The lowest BCUT2D eigenvalue weighted by Crippen LogP contribution is -2.23. The van der Waals surface area contributed by atoms with Crippen molar-refractivity contribution >= 4 is 44.9 Å². The smallest absolute Gasteiger partial charge is 0.237 e. The standard InChI is InChI=1S/C19H16N4OS2/c1-11(17(24)23-14-7-3-2-5-12(14)9-20)25-18-16-13-6-4-8-15(13)26-19(16)22-10-21-18/h2-3,5,7,10-11H,4,6,8H2,1H3,(H,23,24)/t11-/m0/s1. The van der Waals surface area contributed by atoms with Crippen LogP contribution in [0.4, 0.5) is 5.69 Å². The number of aromatic nitrogens is 2. The number of rotatable bonds is 4. The van der Waals surface area contributed by atoms with Crippen molar-refractivity contribution in [2.75, 3.05) is 5.32 Å². The van der Waals surface area contributed by atoms with Gasteiger partial charge in [0, 0.05) is 10.3 Å². The molecule has 4 rings (SSSR count). The van der Waals surface area contributed by atoms with Gasteiger partial charge in [-0.25, -0.2) is 9.97 Å². The quantitative estimate of drug-likeness (QED) is 0.543. The Labute approximate surface area is 159 Å². The van der Waals surface area contributed by atoms with Crippen molar-refractivity contribution in [3.8, 4) is 6.07 Å². The van der Waals surface area contributed by atoms with E-state index in [1.54, 1.807) is 41.9 Å². The number of hydrogen-bond acceptors (Lipinski definition) is 6. The summed E-state index contributed by atoms with van der Waals surface area (Å²) in [5.74, 6) is -0.142. The van der Waals surface area contributed by atoms with Crippen molar-refractivity contribution in [3.63, 3.8) is 0 Å². The van der Waals surface area contributed by atoms with E-state index in [1.165, 1.54) is 28.6 Å². The number of nitrogens with one attached hydrogen (secondary N) is 1. The van der Waals surface area contributed by atoms with Crippen LogP contribution < -0.4 is 5.32 Å². The van der Waals surface area contributed by atoms with Crippen molar-refractivity contribution < 1.29 is 4.79 Å². The lowest BCUT2D eigenvalue weighted by Gasteiger charge is -2.13. The number of carbonyl (C=O) groups is 1. The van der Waals surface area contributed by atoms with Gasteiger partial charge in [0.1, 0.15) is 22.3 Å². The molecule has 3 aromatic rings. The normalized spacial score (nSPS) is 14.0. The number of thioether (sulfide) groups is 1. The summed E-state index contributed by atoms with van der Waals surface area (Å²) < 4.78 is 0. The fourth-order valence-corrected chi connectivity index (χ4v) is 5.37. The zero-order valence-electron chi connectivity index (χ0n) is 14.2. The maximum absolute atomic E-state index is 12.6. The average molecular weight is 380 g/mol. The van der Waals surface area contributed by atoms with Crippen molar-refractivity contribution in [2.45, 2.75) is 36.5 Å². The van der Waals surface area contributed by atoms with E-state index in [0.717, 1.165) is 28.1 Å². The molecule has 2 aromatic heterocycles. The van der Waals surface area contributed by atoms with Crippen LogP contribution in [0.2, 0.25) is 0 Å². The van der Waals surface area contributed by atoms with Gasteiger partial charge < -0.3 is 5.32 Å². The molecule has 1 aromatic carbocycles. The summed E-state index contributed by atoms with van der Waals surface area (Å²) in [5.41, 5.74) is 2.35. The summed E-state index contributed by atoms with van der Waals surface area (Å²) in [7, 11) is 0. The molecule has 1 N–H and O–H groups in total. The number of para-hydroxylation sites is 1. The number of fused-ring (bicyclic) bond motifs is 3. The molecule has 0 aliphatic heterocycles. The van der Waals surface area contributed by atoms with Crippen LogP contribution in [0.3, 0.4) is 0 Å². The molecule has 1 aliphatic carbocycles. The SMILES string of the molecule is C[C@H](Sc1ncnc2sc3c(c12)CCC3)C(=O)Nc1ccccc1C#N. The van der Waals surface area contributed by atoms with Gasteiger partial charge in [0.05, 0.1) is 16.5 Å². The molecule has 7 heteroatoms. The van der Waals surface area contributed by atoms with Crippen LogP contribution in [0, 0.1) is 11.3 Å². The van der Waals surface area contributed by atoms with Crippen molar-refractivity contribution in [1.82, 2.24) is 9.97 Å². The highest BCUT2D eigenvalue weighted by molar-refractivity contribution is 8.00.